The second kappa shape index (κ2) is 5.91. The van der Waals surface area contributed by atoms with Gasteiger partial charge >= 0.3 is 0 Å². The number of pyridine rings is 1. The van der Waals surface area contributed by atoms with Crippen molar-refractivity contribution in [3.8, 4) is 0 Å². The van der Waals surface area contributed by atoms with Crippen LogP contribution in [0.1, 0.15) is 18.5 Å². The molecule has 2 rings (SSSR count). The molecule has 0 aliphatic heterocycles. The first kappa shape index (κ1) is 14.2. The van der Waals surface area contributed by atoms with E-state index in [4.69, 9.17) is 5.73 Å². The number of nitrogens with two attached hydrogens (primary N) is 1. The van der Waals surface area contributed by atoms with Gasteiger partial charge in [0.25, 0.3) is 0 Å². The van der Waals surface area contributed by atoms with Gasteiger partial charge in [-0.1, -0.05) is 24.3 Å². The van der Waals surface area contributed by atoms with Crippen molar-refractivity contribution < 1.29 is 0 Å². The second-order valence-electron chi connectivity index (χ2n) is 3.21. The smallest absolute Gasteiger partial charge is 0.0749 e. The molecule has 0 saturated carbocycles. The lowest BCUT2D eigenvalue weighted by Crippen LogP contribution is -2.05. The first-order valence-corrected chi connectivity index (χ1v) is 4.38. The molecule has 0 saturated heterocycles. The van der Waals surface area contributed by atoms with Crippen LogP contribution in [0, 0.1) is 0 Å². The van der Waals surface area contributed by atoms with E-state index in [1.165, 1.54) is 0 Å². The normalized spacial score (nSPS) is 11.3. The van der Waals surface area contributed by atoms with E-state index in [0.717, 1.165) is 16.5 Å². The van der Waals surface area contributed by atoms with Gasteiger partial charge in [-0.3, -0.25) is 4.98 Å². The highest BCUT2D eigenvalue weighted by atomic mass is 35.5. The number of fused-ring (bicyclic) bond motifs is 1. The van der Waals surface area contributed by atoms with Crippen LogP contribution in [0.4, 0.5) is 0 Å². The topological polar surface area (TPSA) is 38.9 Å². The summed E-state index contributed by atoms with van der Waals surface area (Å²) in [7, 11) is 0. The van der Waals surface area contributed by atoms with E-state index in [9.17, 15) is 0 Å². The van der Waals surface area contributed by atoms with Gasteiger partial charge < -0.3 is 5.73 Å². The van der Waals surface area contributed by atoms with Crippen molar-refractivity contribution in [2.75, 3.05) is 0 Å². The summed E-state index contributed by atoms with van der Waals surface area (Å²) in [6.45, 7) is 1.98. The number of para-hydroxylation sites is 1. The Labute approximate surface area is 102 Å². The minimum Gasteiger partial charge on any atom is -0.324 e. The van der Waals surface area contributed by atoms with E-state index in [0.29, 0.717) is 0 Å². The fraction of sp³-hybridized carbons (Fsp3) is 0.182. The van der Waals surface area contributed by atoms with Crippen LogP contribution in [-0.4, -0.2) is 4.98 Å². The van der Waals surface area contributed by atoms with Crippen molar-refractivity contribution in [2.24, 2.45) is 5.73 Å². The molecule has 0 bridgehead atoms. The third-order valence-electron chi connectivity index (χ3n) is 2.15. The predicted octanol–water partition coefficient (Wildman–Crippen LogP) is 3.10. The second-order valence-corrected chi connectivity index (χ2v) is 3.21. The zero-order valence-electron chi connectivity index (χ0n) is 8.38. The number of aromatic nitrogens is 1. The Morgan fingerprint density at radius 1 is 1.13 bits per heavy atom. The van der Waals surface area contributed by atoms with Gasteiger partial charge in [0.1, 0.15) is 0 Å². The third-order valence-corrected chi connectivity index (χ3v) is 2.15. The zero-order chi connectivity index (χ0) is 9.26. The lowest BCUT2D eigenvalue weighted by atomic mass is 10.1. The lowest BCUT2D eigenvalue weighted by Gasteiger charge is -2.07. The third kappa shape index (κ3) is 2.81. The number of halogens is 2. The van der Waals surface area contributed by atoms with Crippen LogP contribution in [-0.2, 0) is 0 Å². The van der Waals surface area contributed by atoms with E-state index in [-0.39, 0.29) is 30.9 Å². The Morgan fingerprint density at radius 2 is 1.80 bits per heavy atom. The van der Waals surface area contributed by atoms with Crippen molar-refractivity contribution in [1.82, 2.24) is 4.98 Å². The summed E-state index contributed by atoms with van der Waals surface area (Å²) in [6.07, 6.45) is 1.80. The summed E-state index contributed by atoms with van der Waals surface area (Å²) in [5.41, 5.74) is 7.96. The van der Waals surface area contributed by atoms with Gasteiger partial charge in [0.05, 0.1) is 5.52 Å². The molecule has 0 aliphatic carbocycles. The molecule has 2 N–H and O–H groups in total. The van der Waals surface area contributed by atoms with E-state index in [2.05, 4.69) is 4.98 Å². The maximum Gasteiger partial charge on any atom is 0.0749 e. The van der Waals surface area contributed by atoms with Crippen molar-refractivity contribution in [1.29, 1.82) is 0 Å². The molecule has 1 unspecified atom stereocenters. The summed E-state index contributed by atoms with van der Waals surface area (Å²) in [6, 6.07) is 10.1. The number of benzene rings is 1. The van der Waals surface area contributed by atoms with Gasteiger partial charge in [0.2, 0.25) is 0 Å². The molecule has 0 amide bonds. The fourth-order valence-electron chi connectivity index (χ4n) is 1.50. The van der Waals surface area contributed by atoms with Gasteiger partial charge in [-0.15, -0.1) is 24.8 Å². The Balaban J connectivity index is 0.000000980. The molecule has 1 aromatic carbocycles. The summed E-state index contributed by atoms with van der Waals surface area (Å²) in [4.78, 5) is 4.32. The van der Waals surface area contributed by atoms with Gasteiger partial charge in [-0.2, -0.15) is 0 Å². The van der Waals surface area contributed by atoms with E-state index in [1.807, 2.05) is 37.3 Å². The van der Waals surface area contributed by atoms with Gasteiger partial charge in [0.15, 0.2) is 0 Å². The summed E-state index contributed by atoms with van der Waals surface area (Å²) >= 11 is 0. The fourth-order valence-corrected chi connectivity index (χ4v) is 1.50. The number of nitrogens with zero attached hydrogens (tertiary/aromatic N) is 1. The van der Waals surface area contributed by atoms with Crippen LogP contribution in [0.25, 0.3) is 10.9 Å². The van der Waals surface area contributed by atoms with Crippen LogP contribution < -0.4 is 5.73 Å². The monoisotopic (exact) mass is 244 g/mol. The van der Waals surface area contributed by atoms with Gasteiger partial charge in [-0.25, -0.2) is 0 Å². The van der Waals surface area contributed by atoms with Crippen molar-refractivity contribution in [3.63, 3.8) is 0 Å². The molecule has 0 spiro atoms. The average molecular weight is 245 g/mol. The number of hydrogen-bond donors (Lipinski definition) is 1. The highest BCUT2D eigenvalue weighted by Gasteiger charge is 2.04. The molecule has 0 radical (unpaired) electrons. The Morgan fingerprint density at radius 3 is 2.47 bits per heavy atom. The molecule has 15 heavy (non-hydrogen) atoms. The van der Waals surface area contributed by atoms with Crippen LogP contribution in [0.15, 0.2) is 36.5 Å². The van der Waals surface area contributed by atoms with Crippen molar-refractivity contribution >= 4 is 35.7 Å². The lowest BCUT2D eigenvalue weighted by molar-refractivity contribution is 0.824. The van der Waals surface area contributed by atoms with E-state index in [1.54, 1.807) is 6.20 Å². The zero-order valence-corrected chi connectivity index (χ0v) is 10.0. The molecule has 0 fully saturated rings. The van der Waals surface area contributed by atoms with E-state index < -0.39 is 0 Å². The molecule has 82 valence electrons. The molecule has 2 nitrogen and oxygen atoms in total. The average Bonchev–Trinajstić information content (AvgIpc) is 2.17. The molecule has 4 heteroatoms. The molecule has 1 atom stereocenters. The Hall–Kier alpha value is -0.830. The van der Waals surface area contributed by atoms with Crippen LogP contribution in [0.3, 0.4) is 0 Å². The molecule has 0 aliphatic rings. The molecular weight excluding hydrogens is 231 g/mol. The minimum atomic E-state index is 0. The van der Waals surface area contributed by atoms with Crippen LogP contribution >= 0.6 is 24.8 Å². The Bertz CT molecular complexity index is 424. The minimum absolute atomic E-state index is 0. The van der Waals surface area contributed by atoms with Gasteiger partial charge in [-0.05, 0) is 18.6 Å². The largest absolute Gasteiger partial charge is 0.324 e. The highest BCUT2D eigenvalue weighted by Crippen LogP contribution is 2.20. The molecule has 1 aromatic heterocycles. The quantitative estimate of drug-likeness (QED) is 0.838. The Kier molecular flexibility index (Phi) is 5.58. The molecular formula is C11H14Cl2N2. The van der Waals surface area contributed by atoms with E-state index >= 15 is 0 Å². The van der Waals surface area contributed by atoms with Crippen molar-refractivity contribution in [2.45, 2.75) is 13.0 Å². The SMILES string of the molecule is CC(N)c1cccc2cccnc12.Cl.Cl. The van der Waals surface area contributed by atoms with Crippen LogP contribution in [0.2, 0.25) is 0 Å². The summed E-state index contributed by atoms with van der Waals surface area (Å²) < 4.78 is 0. The molecule has 2 aromatic rings. The van der Waals surface area contributed by atoms with Gasteiger partial charge in [0, 0.05) is 17.6 Å². The summed E-state index contributed by atoms with van der Waals surface area (Å²) in [5, 5.41) is 1.15. The number of hydrogen-bond acceptors (Lipinski definition) is 2. The standard InChI is InChI=1S/C11H12N2.2ClH/c1-8(12)10-6-2-4-9-5-3-7-13-11(9)10;;/h2-8H,12H2,1H3;2*1H. The van der Waals surface area contributed by atoms with Crippen LogP contribution in [0.5, 0.6) is 0 Å². The first-order chi connectivity index (χ1) is 6.29. The molecule has 1 heterocycles. The maximum absolute atomic E-state index is 5.84. The maximum atomic E-state index is 5.84. The van der Waals surface area contributed by atoms with Crippen molar-refractivity contribution in [3.05, 3.63) is 42.1 Å². The highest BCUT2D eigenvalue weighted by molar-refractivity contribution is 5.85. The summed E-state index contributed by atoms with van der Waals surface area (Å²) in [5.74, 6) is 0. The predicted molar refractivity (Wildman–Crippen MR) is 68.8 cm³/mol. The first-order valence-electron chi connectivity index (χ1n) is 4.38. The number of rotatable bonds is 1.